The molecule has 0 saturated carbocycles. The van der Waals surface area contributed by atoms with Crippen molar-refractivity contribution in [1.82, 2.24) is 10.2 Å². The van der Waals surface area contributed by atoms with Gasteiger partial charge >= 0.3 is 0 Å². The van der Waals surface area contributed by atoms with E-state index in [0.29, 0.717) is 6.54 Å². The lowest BCUT2D eigenvalue weighted by molar-refractivity contribution is -0.124. The average Bonchev–Trinajstić information content (AvgIpc) is 2.49. The molecule has 2 rings (SSSR count). The number of nitrogens with one attached hydrogen (secondary N) is 1. The van der Waals surface area contributed by atoms with Gasteiger partial charge in [-0.05, 0) is 58.0 Å². The molecule has 0 bridgehead atoms. The molecule has 0 aromatic rings. The topological polar surface area (TPSA) is 75.4 Å². The number of piperidine rings is 1. The third kappa shape index (κ3) is 5.50. The van der Waals surface area contributed by atoms with Crippen LogP contribution >= 0.6 is 0 Å². The summed E-state index contributed by atoms with van der Waals surface area (Å²) in [6, 6.07) is 0. The van der Waals surface area contributed by atoms with Crippen LogP contribution in [-0.4, -0.2) is 42.9 Å². The second-order valence-corrected chi connectivity index (χ2v) is 6.16. The minimum absolute atomic E-state index is 0.0115. The molecule has 3 N–H and O–H groups in total. The SMILES string of the molecule is NC(=O)C1CCN(CC(=O)NCCC2=CCCCC2)CC1. The van der Waals surface area contributed by atoms with E-state index in [2.05, 4.69) is 16.3 Å². The number of hydrogen-bond donors (Lipinski definition) is 2. The standard InChI is InChI=1S/C16H27N3O2/c17-16(21)14-7-10-19(11-8-14)12-15(20)18-9-6-13-4-2-1-3-5-13/h4,14H,1-3,5-12H2,(H2,17,21)(H,18,20). The molecule has 2 aliphatic rings. The Bertz CT molecular complexity index is 398. The number of carbonyl (C=O) groups excluding carboxylic acids is 2. The molecule has 21 heavy (non-hydrogen) atoms. The molecule has 5 nitrogen and oxygen atoms in total. The molecule has 0 atom stereocenters. The van der Waals surface area contributed by atoms with E-state index in [1.165, 1.54) is 31.3 Å². The van der Waals surface area contributed by atoms with E-state index >= 15 is 0 Å². The zero-order valence-corrected chi connectivity index (χ0v) is 12.8. The fourth-order valence-electron chi connectivity index (χ4n) is 3.13. The van der Waals surface area contributed by atoms with Crippen molar-refractivity contribution in [2.75, 3.05) is 26.2 Å². The second-order valence-electron chi connectivity index (χ2n) is 6.16. The van der Waals surface area contributed by atoms with Gasteiger partial charge in [-0.3, -0.25) is 14.5 Å². The van der Waals surface area contributed by atoms with Gasteiger partial charge in [0.2, 0.25) is 11.8 Å². The average molecular weight is 293 g/mol. The largest absolute Gasteiger partial charge is 0.369 e. The van der Waals surface area contributed by atoms with Crippen LogP contribution in [0.1, 0.15) is 44.9 Å². The van der Waals surface area contributed by atoms with Gasteiger partial charge in [0, 0.05) is 12.5 Å². The maximum absolute atomic E-state index is 11.9. The van der Waals surface area contributed by atoms with Crippen LogP contribution in [0.25, 0.3) is 0 Å². The monoisotopic (exact) mass is 293 g/mol. The molecule has 1 fully saturated rings. The van der Waals surface area contributed by atoms with E-state index in [4.69, 9.17) is 5.73 Å². The Morgan fingerprint density at radius 2 is 2.05 bits per heavy atom. The Hall–Kier alpha value is -1.36. The predicted octanol–water partition coefficient (Wildman–Crippen LogP) is 1.19. The number of hydrogen-bond acceptors (Lipinski definition) is 3. The van der Waals surface area contributed by atoms with Gasteiger partial charge in [0.25, 0.3) is 0 Å². The van der Waals surface area contributed by atoms with Crippen molar-refractivity contribution in [3.8, 4) is 0 Å². The second kappa shape index (κ2) is 8.17. The highest BCUT2D eigenvalue weighted by atomic mass is 16.2. The number of nitrogens with zero attached hydrogens (tertiary/aromatic N) is 1. The maximum Gasteiger partial charge on any atom is 0.234 e. The lowest BCUT2D eigenvalue weighted by Crippen LogP contribution is -2.43. The van der Waals surface area contributed by atoms with E-state index in [-0.39, 0.29) is 17.7 Å². The van der Waals surface area contributed by atoms with Crippen molar-refractivity contribution in [2.24, 2.45) is 11.7 Å². The molecular formula is C16H27N3O2. The minimum Gasteiger partial charge on any atom is -0.369 e. The summed E-state index contributed by atoms with van der Waals surface area (Å²) < 4.78 is 0. The van der Waals surface area contributed by atoms with Crippen molar-refractivity contribution >= 4 is 11.8 Å². The molecule has 0 radical (unpaired) electrons. The first-order chi connectivity index (χ1) is 10.1. The Kier molecular flexibility index (Phi) is 6.23. The van der Waals surface area contributed by atoms with Gasteiger partial charge in [0.15, 0.2) is 0 Å². The van der Waals surface area contributed by atoms with Crippen LogP contribution in [0.5, 0.6) is 0 Å². The Labute approximate surface area is 126 Å². The minimum atomic E-state index is -0.208. The van der Waals surface area contributed by atoms with Crippen molar-refractivity contribution in [2.45, 2.75) is 44.9 Å². The van der Waals surface area contributed by atoms with Gasteiger partial charge in [-0.1, -0.05) is 11.6 Å². The molecule has 0 spiro atoms. The molecule has 1 heterocycles. The first-order valence-corrected chi connectivity index (χ1v) is 8.11. The van der Waals surface area contributed by atoms with Crippen molar-refractivity contribution in [1.29, 1.82) is 0 Å². The van der Waals surface area contributed by atoms with Crippen molar-refractivity contribution in [3.63, 3.8) is 0 Å². The molecule has 0 aromatic heterocycles. The number of carbonyl (C=O) groups is 2. The molecule has 0 unspecified atom stereocenters. The Morgan fingerprint density at radius 1 is 1.29 bits per heavy atom. The number of primary amides is 1. The van der Waals surface area contributed by atoms with Gasteiger partial charge in [-0.25, -0.2) is 0 Å². The number of rotatable bonds is 6. The molecule has 0 aromatic carbocycles. The summed E-state index contributed by atoms with van der Waals surface area (Å²) in [6.45, 7) is 2.74. The third-order valence-electron chi connectivity index (χ3n) is 4.51. The summed E-state index contributed by atoms with van der Waals surface area (Å²) in [6.07, 6.45) is 9.82. The van der Waals surface area contributed by atoms with Gasteiger partial charge < -0.3 is 11.1 Å². The number of allylic oxidation sites excluding steroid dienone is 1. The normalized spacial score (nSPS) is 20.9. The van der Waals surface area contributed by atoms with Crippen LogP contribution < -0.4 is 11.1 Å². The number of amides is 2. The quantitative estimate of drug-likeness (QED) is 0.722. The summed E-state index contributed by atoms with van der Waals surface area (Å²) >= 11 is 0. The van der Waals surface area contributed by atoms with Crippen LogP contribution in [0.3, 0.4) is 0 Å². The highest BCUT2D eigenvalue weighted by Crippen LogP contribution is 2.19. The van der Waals surface area contributed by atoms with E-state index in [1.54, 1.807) is 0 Å². The highest BCUT2D eigenvalue weighted by Gasteiger charge is 2.23. The molecular weight excluding hydrogens is 266 g/mol. The Balaban J connectivity index is 1.59. The molecule has 1 aliphatic heterocycles. The van der Waals surface area contributed by atoms with E-state index in [9.17, 15) is 9.59 Å². The van der Waals surface area contributed by atoms with Gasteiger partial charge in [0.1, 0.15) is 0 Å². The van der Waals surface area contributed by atoms with Crippen LogP contribution in [0.4, 0.5) is 0 Å². The van der Waals surface area contributed by atoms with Gasteiger partial charge in [-0.2, -0.15) is 0 Å². The smallest absolute Gasteiger partial charge is 0.234 e. The van der Waals surface area contributed by atoms with Crippen molar-refractivity contribution < 1.29 is 9.59 Å². The summed E-state index contributed by atoms with van der Waals surface area (Å²) in [5, 5.41) is 3.00. The summed E-state index contributed by atoms with van der Waals surface area (Å²) in [5.74, 6) is -0.133. The zero-order chi connectivity index (χ0) is 15.1. The third-order valence-corrected chi connectivity index (χ3v) is 4.51. The Morgan fingerprint density at radius 3 is 2.67 bits per heavy atom. The first kappa shape index (κ1) is 16.0. The molecule has 1 saturated heterocycles. The summed E-state index contributed by atoms with van der Waals surface area (Å²) in [4.78, 5) is 25.1. The fraction of sp³-hybridized carbons (Fsp3) is 0.750. The zero-order valence-electron chi connectivity index (χ0n) is 12.8. The molecule has 5 heteroatoms. The highest BCUT2D eigenvalue weighted by molar-refractivity contribution is 5.78. The molecule has 118 valence electrons. The van der Waals surface area contributed by atoms with Crippen molar-refractivity contribution in [3.05, 3.63) is 11.6 Å². The van der Waals surface area contributed by atoms with E-state index < -0.39 is 0 Å². The number of nitrogens with two attached hydrogens (primary N) is 1. The first-order valence-electron chi connectivity index (χ1n) is 8.11. The molecule has 1 aliphatic carbocycles. The summed E-state index contributed by atoms with van der Waals surface area (Å²) in [5.41, 5.74) is 6.80. The van der Waals surface area contributed by atoms with Crippen LogP contribution in [0.2, 0.25) is 0 Å². The van der Waals surface area contributed by atoms with Crippen LogP contribution in [-0.2, 0) is 9.59 Å². The number of likely N-dealkylation sites (tertiary alicyclic amines) is 1. The van der Waals surface area contributed by atoms with E-state index in [1.807, 2.05) is 0 Å². The predicted molar refractivity (Wildman–Crippen MR) is 82.5 cm³/mol. The van der Waals surface area contributed by atoms with Crippen LogP contribution in [0.15, 0.2) is 11.6 Å². The fourth-order valence-corrected chi connectivity index (χ4v) is 3.13. The lowest BCUT2D eigenvalue weighted by Gasteiger charge is -2.29. The van der Waals surface area contributed by atoms with Gasteiger partial charge in [-0.15, -0.1) is 0 Å². The van der Waals surface area contributed by atoms with Crippen LogP contribution in [0, 0.1) is 5.92 Å². The molecule has 2 amide bonds. The van der Waals surface area contributed by atoms with E-state index in [0.717, 1.165) is 38.9 Å². The van der Waals surface area contributed by atoms with Gasteiger partial charge in [0.05, 0.1) is 6.54 Å². The lowest BCUT2D eigenvalue weighted by atomic mass is 9.96. The maximum atomic E-state index is 11.9. The summed E-state index contributed by atoms with van der Waals surface area (Å²) in [7, 11) is 0.